The predicted molar refractivity (Wildman–Crippen MR) is 67.7 cm³/mol. The number of hydrogen-bond donors (Lipinski definition) is 1. The lowest BCUT2D eigenvalue weighted by Gasteiger charge is -2.47. The molecule has 0 aromatic heterocycles. The molecule has 18 heavy (non-hydrogen) atoms. The summed E-state index contributed by atoms with van der Waals surface area (Å²) in [6.45, 7) is 6.32. The monoisotopic (exact) mass is 250 g/mol. The van der Waals surface area contributed by atoms with Crippen LogP contribution in [0.3, 0.4) is 0 Å². The number of rotatable bonds is 0. The van der Waals surface area contributed by atoms with Crippen molar-refractivity contribution in [2.75, 3.05) is 0 Å². The number of esters is 1. The molecule has 0 bridgehead atoms. The van der Waals surface area contributed by atoms with Crippen molar-refractivity contribution in [3.8, 4) is 0 Å². The second-order valence-electron chi connectivity index (χ2n) is 6.42. The first-order valence-electron chi connectivity index (χ1n) is 7.06. The summed E-state index contributed by atoms with van der Waals surface area (Å²) in [6.07, 6.45) is 3.60. The number of aliphatic hydroxyl groups excluding tert-OH is 1. The Bertz CT molecular complexity index is 401. The highest BCUT2D eigenvalue weighted by atomic mass is 16.6. The zero-order valence-electron chi connectivity index (χ0n) is 11.3. The van der Waals surface area contributed by atoms with E-state index in [0.29, 0.717) is 11.8 Å². The molecule has 100 valence electrons. The lowest BCUT2D eigenvalue weighted by atomic mass is 9.59. The zero-order valence-corrected chi connectivity index (χ0v) is 11.3. The number of hydrogen-bond acceptors (Lipinski definition) is 3. The van der Waals surface area contributed by atoms with Gasteiger partial charge in [-0.1, -0.05) is 25.5 Å². The van der Waals surface area contributed by atoms with E-state index < -0.39 is 0 Å². The molecule has 2 fully saturated rings. The van der Waals surface area contributed by atoms with E-state index in [0.717, 1.165) is 12.8 Å². The van der Waals surface area contributed by atoms with Crippen molar-refractivity contribution in [3.05, 3.63) is 11.6 Å². The molecule has 7 unspecified atom stereocenters. The van der Waals surface area contributed by atoms with Crippen LogP contribution in [-0.4, -0.2) is 23.3 Å². The summed E-state index contributed by atoms with van der Waals surface area (Å²) in [5, 5.41) is 10.3. The van der Waals surface area contributed by atoms with Crippen LogP contribution in [-0.2, 0) is 9.53 Å². The molecule has 1 heterocycles. The first-order valence-corrected chi connectivity index (χ1v) is 7.06. The van der Waals surface area contributed by atoms with Crippen LogP contribution in [0.25, 0.3) is 0 Å². The fourth-order valence-corrected chi connectivity index (χ4v) is 4.41. The van der Waals surface area contributed by atoms with Gasteiger partial charge in [0.05, 0.1) is 12.0 Å². The van der Waals surface area contributed by atoms with Crippen molar-refractivity contribution >= 4 is 5.97 Å². The van der Waals surface area contributed by atoms with Crippen LogP contribution >= 0.6 is 0 Å². The SMILES string of the molecule is CC1=CCC(O)C2C(C)CC3C(C)C(=O)OC3C12. The fourth-order valence-electron chi connectivity index (χ4n) is 4.41. The molecule has 0 amide bonds. The third-order valence-electron chi connectivity index (χ3n) is 5.41. The summed E-state index contributed by atoms with van der Waals surface area (Å²) < 4.78 is 5.62. The van der Waals surface area contributed by atoms with Crippen molar-refractivity contribution in [2.45, 2.75) is 45.8 Å². The Morgan fingerprint density at radius 2 is 2.11 bits per heavy atom. The summed E-state index contributed by atoms with van der Waals surface area (Å²) in [4.78, 5) is 11.8. The van der Waals surface area contributed by atoms with Gasteiger partial charge >= 0.3 is 5.97 Å². The van der Waals surface area contributed by atoms with E-state index in [9.17, 15) is 9.90 Å². The van der Waals surface area contributed by atoms with Crippen LogP contribution in [0.1, 0.15) is 33.6 Å². The molecular weight excluding hydrogens is 228 g/mol. The number of aliphatic hydroxyl groups is 1. The van der Waals surface area contributed by atoms with E-state index in [2.05, 4.69) is 19.9 Å². The smallest absolute Gasteiger partial charge is 0.309 e. The van der Waals surface area contributed by atoms with Crippen molar-refractivity contribution in [1.29, 1.82) is 0 Å². The summed E-state index contributed by atoms with van der Waals surface area (Å²) in [7, 11) is 0. The minimum Gasteiger partial charge on any atom is -0.461 e. The van der Waals surface area contributed by atoms with Crippen LogP contribution in [0.5, 0.6) is 0 Å². The molecule has 2 aliphatic carbocycles. The van der Waals surface area contributed by atoms with Gasteiger partial charge in [0, 0.05) is 11.8 Å². The van der Waals surface area contributed by atoms with Gasteiger partial charge in [0.15, 0.2) is 0 Å². The minimum absolute atomic E-state index is 0.0000926. The molecule has 3 nitrogen and oxygen atoms in total. The molecule has 1 saturated carbocycles. The first kappa shape index (κ1) is 12.2. The Labute approximate surface area is 108 Å². The van der Waals surface area contributed by atoms with E-state index in [1.54, 1.807) is 0 Å². The van der Waals surface area contributed by atoms with Gasteiger partial charge in [-0.2, -0.15) is 0 Å². The highest BCUT2D eigenvalue weighted by Crippen LogP contribution is 2.52. The van der Waals surface area contributed by atoms with E-state index in [1.165, 1.54) is 5.57 Å². The van der Waals surface area contributed by atoms with Gasteiger partial charge in [0.2, 0.25) is 0 Å². The summed E-state index contributed by atoms with van der Waals surface area (Å²) in [6, 6.07) is 0. The van der Waals surface area contributed by atoms with E-state index in [4.69, 9.17) is 4.74 Å². The molecule has 1 aliphatic heterocycles. The van der Waals surface area contributed by atoms with Crippen LogP contribution in [0.4, 0.5) is 0 Å². The van der Waals surface area contributed by atoms with Gasteiger partial charge in [-0.25, -0.2) is 0 Å². The standard InChI is InChI=1S/C15H22O3/c1-7-4-5-11(16)12-8(2)6-10-9(3)15(17)18-14(10)13(7)12/h4,8-14,16H,5-6H2,1-3H3. The van der Waals surface area contributed by atoms with Gasteiger partial charge in [-0.3, -0.25) is 4.79 Å². The number of ether oxygens (including phenoxy) is 1. The van der Waals surface area contributed by atoms with Crippen molar-refractivity contribution in [3.63, 3.8) is 0 Å². The molecule has 7 atom stereocenters. The average Bonchev–Trinajstić information content (AvgIpc) is 2.60. The lowest BCUT2D eigenvalue weighted by Crippen LogP contribution is -2.49. The van der Waals surface area contributed by atoms with E-state index in [-0.39, 0.29) is 35.9 Å². The largest absolute Gasteiger partial charge is 0.461 e. The maximum atomic E-state index is 11.8. The highest BCUT2D eigenvalue weighted by molar-refractivity contribution is 5.75. The molecule has 1 N–H and O–H groups in total. The van der Waals surface area contributed by atoms with E-state index in [1.807, 2.05) is 6.92 Å². The number of carbonyl (C=O) groups is 1. The summed E-state index contributed by atoms with van der Waals surface area (Å²) in [5.41, 5.74) is 1.30. The van der Waals surface area contributed by atoms with Gasteiger partial charge in [-0.15, -0.1) is 0 Å². The first-order chi connectivity index (χ1) is 8.50. The summed E-state index contributed by atoms with van der Waals surface area (Å²) >= 11 is 0. The average molecular weight is 250 g/mol. The molecular formula is C15H22O3. The third-order valence-corrected chi connectivity index (χ3v) is 5.41. The van der Waals surface area contributed by atoms with Gasteiger partial charge < -0.3 is 9.84 Å². The Morgan fingerprint density at radius 1 is 1.39 bits per heavy atom. The van der Waals surface area contributed by atoms with E-state index >= 15 is 0 Å². The van der Waals surface area contributed by atoms with Gasteiger partial charge in [0.25, 0.3) is 0 Å². The van der Waals surface area contributed by atoms with Crippen LogP contribution in [0.15, 0.2) is 11.6 Å². The number of fused-ring (bicyclic) bond motifs is 3. The van der Waals surface area contributed by atoms with Crippen LogP contribution in [0.2, 0.25) is 0 Å². The number of carbonyl (C=O) groups excluding carboxylic acids is 1. The minimum atomic E-state index is -0.274. The Hall–Kier alpha value is -0.830. The highest BCUT2D eigenvalue weighted by Gasteiger charge is 2.55. The quantitative estimate of drug-likeness (QED) is 0.529. The fraction of sp³-hybridized carbons (Fsp3) is 0.800. The molecule has 0 aromatic rings. The molecule has 3 heteroatoms. The third kappa shape index (κ3) is 1.56. The lowest BCUT2D eigenvalue weighted by molar-refractivity contribution is -0.148. The van der Waals surface area contributed by atoms with Crippen LogP contribution < -0.4 is 0 Å². The predicted octanol–water partition coefficient (Wildman–Crippen LogP) is 2.15. The molecule has 0 radical (unpaired) electrons. The molecule has 0 aromatic carbocycles. The Morgan fingerprint density at radius 3 is 2.83 bits per heavy atom. The van der Waals surface area contributed by atoms with Gasteiger partial charge in [-0.05, 0) is 31.6 Å². The maximum absolute atomic E-state index is 11.8. The van der Waals surface area contributed by atoms with Crippen LogP contribution in [0, 0.1) is 29.6 Å². The molecule has 3 aliphatic rings. The normalized spacial score (nSPS) is 51.2. The van der Waals surface area contributed by atoms with Crippen molar-refractivity contribution < 1.29 is 14.6 Å². The second-order valence-corrected chi connectivity index (χ2v) is 6.42. The molecule has 1 saturated heterocycles. The van der Waals surface area contributed by atoms with Gasteiger partial charge in [0.1, 0.15) is 6.10 Å². The molecule has 0 spiro atoms. The van der Waals surface area contributed by atoms with Crippen molar-refractivity contribution in [2.24, 2.45) is 29.6 Å². The topological polar surface area (TPSA) is 46.5 Å². The Kier molecular flexibility index (Phi) is 2.77. The maximum Gasteiger partial charge on any atom is 0.309 e. The zero-order chi connectivity index (χ0) is 13.0. The molecule has 3 rings (SSSR count). The van der Waals surface area contributed by atoms with Crippen molar-refractivity contribution in [1.82, 2.24) is 0 Å². The Balaban J connectivity index is 1.98. The second kappa shape index (κ2) is 4.09. The summed E-state index contributed by atoms with van der Waals surface area (Å²) in [5.74, 6) is 1.26.